The molecule has 0 radical (unpaired) electrons. The van der Waals surface area contributed by atoms with Gasteiger partial charge in [0, 0.05) is 56.3 Å². The fraction of sp³-hybridized carbons (Fsp3) is 0.409. The van der Waals surface area contributed by atoms with Crippen molar-refractivity contribution in [3.05, 3.63) is 53.1 Å². The van der Waals surface area contributed by atoms with Gasteiger partial charge in [-0.05, 0) is 24.3 Å². The Labute approximate surface area is 194 Å². The first kappa shape index (κ1) is 24.3. The number of para-hydroxylation sites is 1. The lowest BCUT2D eigenvalue weighted by atomic mass is 10.2. The maximum atomic E-state index is 13.7. The number of hydrogen-bond acceptors (Lipinski definition) is 6. The van der Waals surface area contributed by atoms with Crippen LogP contribution in [-0.2, 0) is 21.4 Å². The summed E-state index contributed by atoms with van der Waals surface area (Å²) in [4.78, 5) is 14.4. The molecule has 3 rings (SSSR count). The Balaban J connectivity index is 1.92. The van der Waals surface area contributed by atoms with Gasteiger partial charge in [0.05, 0.1) is 14.2 Å². The monoisotopic (exact) mass is 481 g/mol. The SMILES string of the molecule is COc1ccccc1CN(CCC(=O)N1CCNCC1)S(=O)(=O)c1cc(Cl)ccc1OC. The Morgan fingerprint density at radius 1 is 1.09 bits per heavy atom. The van der Waals surface area contributed by atoms with E-state index < -0.39 is 10.0 Å². The molecule has 174 valence electrons. The zero-order valence-corrected chi connectivity index (χ0v) is 19.8. The lowest BCUT2D eigenvalue weighted by Gasteiger charge is -2.29. The first-order chi connectivity index (χ1) is 15.4. The first-order valence-corrected chi connectivity index (χ1v) is 12.1. The summed E-state index contributed by atoms with van der Waals surface area (Å²) in [6.07, 6.45) is 0.0667. The van der Waals surface area contributed by atoms with Crippen molar-refractivity contribution in [3.63, 3.8) is 0 Å². The zero-order valence-electron chi connectivity index (χ0n) is 18.2. The Hall–Kier alpha value is -2.33. The number of piperazine rings is 1. The van der Waals surface area contributed by atoms with E-state index in [0.29, 0.717) is 24.4 Å². The smallest absolute Gasteiger partial charge is 0.247 e. The second-order valence-corrected chi connectivity index (χ2v) is 9.67. The predicted molar refractivity (Wildman–Crippen MR) is 123 cm³/mol. The molecule has 0 atom stereocenters. The van der Waals surface area contributed by atoms with E-state index in [0.717, 1.165) is 13.1 Å². The van der Waals surface area contributed by atoms with E-state index in [4.69, 9.17) is 21.1 Å². The number of nitrogens with zero attached hydrogens (tertiary/aromatic N) is 2. The van der Waals surface area contributed by atoms with Crippen molar-refractivity contribution in [2.75, 3.05) is 46.9 Å². The molecule has 1 fully saturated rings. The van der Waals surface area contributed by atoms with Gasteiger partial charge < -0.3 is 19.7 Å². The van der Waals surface area contributed by atoms with Gasteiger partial charge in [0.2, 0.25) is 15.9 Å². The van der Waals surface area contributed by atoms with Gasteiger partial charge in [0.15, 0.2) is 0 Å². The molecule has 1 aliphatic rings. The summed E-state index contributed by atoms with van der Waals surface area (Å²) < 4.78 is 39.3. The van der Waals surface area contributed by atoms with Crippen molar-refractivity contribution in [1.29, 1.82) is 0 Å². The molecule has 1 saturated heterocycles. The normalized spacial score (nSPS) is 14.4. The summed E-state index contributed by atoms with van der Waals surface area (Å²) in [5, 5.41) is 3.48. The van der Waals surface area contributed by atoms with Crippen LogP contribution in [0.5, 0.6) is 11.5 Å². The van der Waals surface area contributed by atoms with E-state index in [1.165, 1.54) is 30.7 Å². The molecule has 10 heteroatoms. The van der Waals surface area contributed by atoms with Crippen molar-refractivity contribution in [1.82, 2.24) is 14.5 Å². The molecule has 0 spiro atoms. The number of ether oxygens (including phenoxy) is 2. The van der Waals surface area contributed by atoms with Crippen LogP contribution in [0.15, 0.2) is 47.4 Å². The molecule has 2 aromatic rings. The van der Waals surface area contributed by atoms with Crippen LogP contribution in [0, 0.1) is 0 Å². The molecule has 0 aliphatic carbocycles. The van der Waals surface area contributed by atoms with Gasteiger partial charge in [-0.3, -0.25) is 4.79 Å². The maximum Gasteiger partial charge on any atom is 0.247 e. The van der Waals surface area contributed by atoms with Crippen molar-refractivity contribution in [3.8, 4) is 11.5 Å². The van der Waals surface area contributed by atoms with Crippen LogP contribution >= 0.6 is 11.6 Å². The first-order valence-electron chi connectivity index (χ1n) is 10.3. The molecule has 1 aliphatic heterocycles. The summed E-state index contributed by atoms with van der Waals surface area (Å²) in [6, 6.07) is 11.6. The second kappa shape index (κ2) is 11.0. The largest absolute Gasteiger partial charge is 0.496 e. The van der Waals surface area contributed by atoms with Gasteiger partial charge in [0.25, 0.3) is 0 Å². The Kier molecular flexibility index (Phi) is 8.36. The van der Waals surface area contributed by atoms with Crippen LogP contribution in [-0.4, -0.2) is 70.5 Å². The molecular weight excluding hydrogens is 454 g/mol. The van der Waals surface area contributed by atoms with Crippen LogP contribution in [0.4, 0.5) is 0 Å². The number of nitrogens with one attached hydrogen (secondary N) is 1. The number of amides is 1. The lowest BCUT2D eigenvalue weighted by molar-refractivity contribution is -0.131. The quantitative estimate of drug-likeness (QED) is 0.591. The average molecular weight is 482 g/mol. The third-order valence-corrected chi connectivity index (χ3v) is 7.43. The highest BCUT2D eigenvalue weighted by Crippen LogP contribution is 2.31. The third-order valence-electron chi connectivity index (χ3n) is 5.33. The lowest BCUT2D eigenvalue weighted by Crippen LogP contribution is -2.47. The van der Waals surface area contributed by atoms with Crippen LogP contribution < -0.4 is 14.8 Å². The molecule has 1 N–H and O–H groups in total. The minimum atomic E-state index is -4.03. The average Bonchev–Trinajstić information content (AvgIpc) is 2.82. The van der Waals surface area contributed by atoms with Gasteiger partial charge >= 0.3 is 0 Å². The van der Waals surface area contributed by atoms with E-state index in [1.54, 1.807) is 23.1 Å². The summed E-state index contributed by atoms with van der Waals surface area (Å²) >= 11 is 6.10. The summed E-state index contributed by atoms with van der Waals surface area (Å²) in [6.45, 7) is 2.74. The van der Waals surface area contributed by atoms with E-state index in [9.17, 15) is 13.2 Å². The Bertz CT molecular complexity index is 1040. The van der Waals surface area contributed by atoms with Crippen molar-refractivity contribution < 1.29 is 22.7 Å². The molecule has 32 heavy (non-hydrogen) atoms. The van der Waals surface area contributed by atoms with Gasteiger partial charge in [0.1, 0.15) is 16.4 Å². The summed E-state index contributed by atoms with van der Waals surface area (Å²) in [5.41, 5.74) is 0.689. The number of sulfonamides is 1. The molecule has 0 aromatic heterocycles. The number of carbonyl (C=O) groups excluding carboxylic acids is 1. The minimum absolute atomic E-state index is 0.0127. The number of benzene rings is 2. The van der Waals surface area contributed by atoms with Crippen molar-refractivity contribution in [2.24, 2.45) is 0 Å². The molecule has 0 unspecified atom stereocenters. The maximum absolute atomic E-state index is 13.7. The third kappa shape index (κ3) is 5.72. The Morgan fingerprint density at radius 2 is 1.78 bits per heavy atom. The van der Waals surface area contributed by atoms with Crippen LogP contribution in [0.2, 0.25) is 5.02 Å². The molecule has 8 nitrogen and oxygen atoms in total. The topological polar surface area (TPSA) is 88.2 Å². The van der Waals surface area contributed by atoms with Gasteiger partial charge in [-0.1, -0.05) is 29.8 Å². The predicted octanol–water partition coefficient (Wildman–Crippen LogP) is 2.37. The molecule has 2 aromatic carbocycles. The van der Waals surface area contributed by atoms with E-state index in [2.05, 4.69) is 5.32 Å². The molecule has 1 amide bonds. The highest BCUT2D eigenvalue weighted by Gasteiger charge is 2.30. The summed E-state index contributed by atoms with van der Waals surface area (Å²) in [5.74, 6) is 0.678. The van der Waals surface area contributed by atoms with E-state index in [1.807, 2.05) is 12.1 Å². The van der Waals surface area contributed by atoms with Crippen LogP contribution in [0.25, 0.3) is 0 Å². The van der Waals surface area contributed by atoms with E-state index in [-0.39, 0.29) is 41.1 Å². The van der Waals surface area contributed by atoms with Gasteiger partial charge in [-0.2, -0.15) is 4.31 Å². The van der Waals surface area contributed by atoms with Crippen LogP contribution in [0.3, 0.4) is 0 Å². The van der Waals surface area contributed by atoms with Gasteiger partial charge in [-0.25, -0.2) is 8.42 Å². The molecular formula is C22H28ClN3O5S. The van der Waals surface area contributed by atoms with Crippen LogP contribution in [0.1, 0.15) is 12.0 Å². The van der Waals surface area contributed by atoms with E-state index >= 15 is 0 Å². The number of hydrogen-bond donors (Lipinski definition) is 1. The number of carbonyl (C=O) groups is 1. The molecule has 0 saturated carbocycles. The fourth-order valence-corrected chi connectivity index (χ4v) is 5.43. The fourth-order valence-electron chi connectivity index (χ4n) is 3.59. The van der Waals surface area contributed by atoms with Gasteiger partial charge in [-0.15, -0.1) is 0 Å². The number of halogens is 1. The molecule has 0 bridgehead atoms. The number of methoxy groups -OCH3 is 2. The zero-order chi connectivity index (χ0) is 23.1. The van der Waals surface area contributed by atoms with Crippen molar-refractivity contribution >= 4 is 27.5 Å². The minimum Gasteiger partial charge on any atom is -0.496 e. The highest BCUT2D eigenvalue weighted by molar-refractivity contribution is 7.89. The number of rotatable bonds is 9. The van der Waals surface area contributed by atoms with Crippen molar-refractivity contribution in [2.45, 2.75) is 17.9 Å². The standard InChI is InChI=1S/C22H28ClN3O5S/c1-30-19-6-4-3-5-17(19)16-26(12-9-22(27)25-13-10-24-11-14-25)32(28,29)21-15-18(23)7-8-20(21)31-2/h3-8,15,24H,9-14,16H2,1-2H3. The highest BCUT2D eigenvalue weighted by atomic mass is 35.5. The Morgan fingerprint density at radius 3 is 2.47 bits per heavy atom. The molecule has 1 heterocycles. The second-order valence-electron chi connectivity index (χ2n) is 7.33. The summed E-state index contributed by atoms with van der Waals surface area (Å²) in [7, 11) is -1.09.